The van der Waals surface area contributed by atoms with Gasteiger partial charge in [-0.15, -0.1) is 0 Å². The van der Waals surface area contributed by atoms with Gasteiger partial charge in [0.05, 0.1) is 0 Å². The predicted molar refractivity (Wildman–Crippen MR) is 85.2 cm³/mol. The molecule has 0 fully saturated rings. The van der Waals surface area contributed by atoms with E-state index in [0.717, 1.165) is 4.47 Å². The number of rotatable bonds is 7. The SMILES string of the molecule is O=C(CCCn1cncn1)NNC(=O)COc1ccc(Br)cc1. The van der Waals surface area contributed by atoms with E-state index in [1.54, 1.807) is 23.1 Å². The first-order valence-corrected chi connectivity index (χ1v) is 7.71. The van der Waals surface area contributed by atoms with E-state index >= 15 is 0 Å². The molecule has 1 heterocycles. The minimum atomic E-state index is -0.433. The van der Waals surface area contributed by atoms with E-state index in [2.05, 4.69) is 36.9 Å². The van der Waals surface area contributed by atoms with Crippen molar-refractivity contribution in [3.8, 4) is 5.75 Å². The van der Waals surface area contributed by atoms with Crippen molar-refractivity contribution in [2.75, 3.05) is 6.61 Å². The summed E-state index contributed by atoms with van der Waals surface area (Å²) in [5.74, 6) is -0.137. The number of aryl methyl sites for hydroxylation is 1. The number of amides is 2. The summed E-state index contributed by atoms with van der Waals surface area (Å²) < 4.78 is 7.84. The molecule has 0 unspecified atom stereocenters. The molecule has 0 radical (unpaired) electrons. The fourth-order valence-electron chi connectivity index (χ4n) is 1.67. The van der Waals surface area contributed by atoms with Crippen LogP contribution in [0.2, 0.25) is 0 Å². The Hall–Kier alpha value is -2.42. The highest BCUT2D eigenvalue weighted by molar-refractivity contribution is 9.10. The van der Waals surface area contributed by atoms with E-state index in [9.17, 15) is 9.59 Å². The van der Waals surface area contributed by atoms with Crippen molar-refractivity contribution in [1.29, 1.82) is 0 Å². The summed E-state index contributed by atoms with van der Waals surface area (Å²) in [4.78, 5) is 26.9. The maximum Gasteiger partial charge on any atom is 0.276 e. The number of nitrogens with one attached hydrogen (secondary N) is 2. The van der Waals surface area contributed by atoms with Crippen molar-refractivity contribution in [3.05, 3.63) is 41.4 Å². The van der Waals surface area contributed by atoms with Gasteiger partial charge >= 0.3 is 0 Å². The zero-order valence-electron chi connectivity index (χ0n) is 12.2. The van der Waals surface area contributed by atoms with Crippen molar-refractivity contribution in [2.24, 2.45) is 0 Å². The molecule has 122 valence electrons. The number of hydrogen-bond acceptors (Lipinski definition) is 5. The lowest BCUT2D eigenvalue weighted by molar-refractivity contribution is -0.130. The molecule has 0 aliphatic carbocycles. The van der Waals surface area contributed by atoms with Crippen LogP contribution in [-0.2, 0) is 16.1 Å². The molecule has 1 aromatic heterocycles. The molecule has 0 bridgehead atoms. The van der Waals surface area contributed by atoms with Gasteiger partial charge in [-0.1, -0.05) is 15.9 Å². The number of carbonyl (C=O) groups excluding carboxylic acids is 2. The molecule has 0 saturated heterocycles. The number of ether oxygens (including phenoxy) is 1. The van der Waals surface area contributed by atoms with Gasteiger partial charge in [-0.2, -0.15) is 5.10 Å². The number of hydrogen-bond donors (Lipinski definition) is 2. The van der Waals surface area contributed by atoms with Crippen molar-refractivity contribution < 1.29 is 14.3 Å². The average Bonchev–Trinajstić information content (AvgIpc) is 3.06. The molecular weight excluding hydrogens is 366 g/mol. The Morgan fingerprint density at radius 1 is 1.17 bits per heavy atom. The first kappa shape index (κ1) is 16.9. The number of halogens is 1. The monoisotopic (exact) mass is 381 g/mol. The molecule has 8 nitrogen and oxygen atoms in total. The fraction of sp³-hybridized carbons (Fsp3) is 0.286. The second-order valence-corrected chi connectivity index (χ2v) is 5.52. The molecule has 2 rings (SSSR count). The predicted octanol–water partition coefficient (Wildman–Crippen LogP) is 1.05. The van der Waals surface area contributed by atoms with Crippen LogP contribution in [0.4, 0.5) is 0 Å². The lowest BCUT2D eigenvalue weighted by Crippen LogP contribution is -2.43. The third-order valence-electron chi connectivity index (χ3n) is 2.78. The molecule has 0 aliphatic rings. The molecular formula is C14H16BrN5O3. The average molecular weight is 382 g/mol. The highest BCUT2D eigenvalue weighted by atomic mass is 79.9. The maximum absolute atomic E-state index is 11.6. The third kappa shape index (κ3) is 6.47. The number of nitrogens with zero attached hydrogens (tertiary/aromatic N) is 3. The van der Waals surface area contributed by atoms with Gasteiger partial charge in [0, 0.05) is 17.4 Å². The summed E-state index contributed by atoms with van der Waals surface area (Å²) >= 11 is 3.31. The Labute approximate surface area is 141 Å². The summed E-state index contributed by atoms with van der Waals surface area (Å²) in [7, 11) is 0. The molecule has 0 aliphatic heterocycles. The largest absolute Gasteiger partial charge is 0.484 e. The zero-order chi connectivity index (χ0) is 16.5. The molecule has 1 aromatic carbocycles. The van der Waals surface area contributed by atoms with E-state index < -0.39 is 5.91 Å². The second kappa shape index (κ2) is 8.89. The smallest absolute Gasteiger partial charge is 0.276 e. The summed E-state index contributed by atoms with van der Waals surface area (Å²) in [5, 5.41) is 3.93. The quantitative estimate of drug-likeness (QED) is 0.698. The standard InChI is InChI=1S/C14H16BrN5O3/c15-11-3-5-12(6-4-11)23-8-14(22)19-18-13(21)2-1-7-20-10-16-9-17-20/h3-6,9-10H,1-2,7-8H2,(H,18,21)(H,19,22). The minimum absolute atomic E-state index is 0.180. The molecule has 0 saturated carbocycles. The molecule has 9 heteroatoms. The van der Waals surface area contributed by atoms with Crippen molar-refractivity contribution in [1.82, 2.24) is 25.6 Å². The van der Waals surface area contributed by atoms with Crippen LogP contribution in [0.5, 0.6) is 5.75 Å². The number of benzene rings is 1. The van der Waals surface area contributed by atoms with E-state index in [4.69, 9.17) is 4.74 Å². The highest BCUT2D eigenvalue weighted by Crippen LogP contribution is 2.15. The van der Waals surface area contributed by atoms with Crippen LogP contribution in [0, 0.1) is 0 Å². The Morgan fingerprint density at radius 2 is 1.91 bits per heavy atom. The van der Waals surface area contributed by atoms with E-state index in [0.29, 0.717) is 18.7 Å². The Bertz CT molecular complexity index is 630. The Morgan fingerprint density at radius 3 is 2.61 bits per heavy atom. The van der Waals surface area contributed by atoms with Gasteiger partial charge in [-0.25, -0.2) is 4.98 Å². The summed E-state index contributed by atoms with van der Waals surface area (Å²) in [5.41, 5.74) is 4.64. The zero-order valence-corrected chi connectivity index (χ0v) is 13.8. The van der Waals surface area contributed by atoms with E-state index in [1.807, 2.05) is 12.1 Å². The molecule has 2 aromatic rings. The van der Waals surface area contributed by atoms with Crippen LogP contribution < -0.4 is 15.6 Å². The normalized spacial score (nSPS) is 10.1. The molecule has 2 N–H and O–H groups in total. The van der Waals surface area contributed by atoms with Crippen molar-refractivity contribution in [3.63, 3.8) is 0 Å². The molecule has 23 heavy (non-hydrogen) atoms. The minimum Gasteiger partial charge on any atom is -0.484 e. The van der Waals surface area contributed by atoms with Gasteiger partial charge < -0.3 is 4.74 Å². The maximum atomic E-state index is 11.6. The van der Waals surface area contributed by atoms with Gasteiger partial charge in [0.2, 0.25) is 5.91 Å². The Balaban J connectivity index is 1.58. The number of hydrazine groups is 1. The first-order valence-electron chi connectivity index (χ1n) is 6.92. The number of aromatic nitrogens is 3. The molecule has 0 spiro atoms. The fourth-order valence-corrected chi connectivity index (χ4v) is 1.93. The molecule has 2 amide bonds. The van der Waals surface area contributed by atoms with Crippen LogP contribution in [0.3, 0.4) is 0 Å². The van der Waals surface area contributed by atoms with Crippen LogP contribution in [0.1, 0.15) is 12.8 Å². The summed E-state index contributed by atoms with van der Waals surface area (Å²) in [6, 6.07) is 7.09. The summed E-state index contributed by atoms with van der Waals surface area (Å²) in [6.45, 7) is 0.412. The highest BCUT2D eigenvalue weighted by Gasteiger charge is 2.06. The lowest BCUT2D eigenvalue weighted by atomic mass is 10.3. The van der Waals surface area contributed by atoms with Crippen LogP contribution >= 0.6 is 15.9 Å². The topological polar surface area (TPSA) is 98.1 Å². The Kier molecular flexibility index (Phi) is 6.55. The van der Waals surface area contributed by atoms with Crippen LogP contribution in [-0.4, -0.2) is 33.2 Å². The van der Waals surface area contributed by atoms with Gasteiger partial charge in [0.1, 0.15) is 18.4 Å². The van der Waals surface area contributed by atoms with E-state index in [1.165, 1.54) is 6.33 Å². The molecule has 0 atom stereocenters. The third-order valence-corrected chi connectivity index (χ3v) is 3.31. The van der Waals surface area contributed by atoms with E-state index in [-0.39, 0.29) is 18.9 Å². The van der Waals surface area contributed by atoms with Crippen LogP contribution in [0.15, 0.2) is 41.4 Å². The van der Waals surface area contributed by atoms with Crippen molar-refractivity contribution >= 4 is 27.7 Å². The van der Waals surface area contributed by atoms with Gasteiger partial charge in [-0.3, -0.25) is 25.1 Å². The van der Waals surface area contributed by atoms with Gasteiger partial charge in [0.25, 0.3) is 5.91 Å². The number of carbonyl (C=O) groups is 2. The van der Waals surface area contributed by atoms with Crippen LogP contribution in [0.25, 0.3) is 0 Å². The van der Waals surface area contributed by atoms with Gasteiger partial charge in [-0.05, 0) is 30.7 Å². The second-order valence-electron chi connectivity index (χ2n) is 4.60. The lowest BCUT2D eigenvalue weighted by Gasteiger charge is -2.09. The summed E-state index contributed by atoms with van der Waals surface area (Å²) in [6.07, 6.45) is 3.89. The first-order chi connectivity index (χ1) is 11.1. The van der Waals surface area contributed by atoms with Gasteiger partial charge in [0.15, 0.2) is 6.61 Å². The van der Waals surface area contributed by atoms with Crippen molar-refractivity contribution in [2.45, 2.75) is 19.4 Å².